The number of aryl methyl sites for hydroxylation is 2. The first-order chi connectivity index (χ1) is 13.3. The Kier molecular flexibility index (Phi) is 6.14. The van der Waals surface area contributed by atoms with E-state index in [-0.39, 0.29) is 18.0 Å². The average molecular weight is 402 g/mol. The number of carbonyl (C=O) groups excluding carboxylic acids is 1. The fraction of sp³-hybridized carbons (Fsp3) is 0.455. The average Bonchev–Trinajstić information content (AvgIpc) is 2.58. The first-order valence-electron chi connectivity index (χ1n) is 9.75. The van der Waals surface area contributed by atoms with E-state index in [0.717, 1.165) is 35.0 Å². The van der Waals surface area contributed by atoms with Crippen LogP contribution in [-0.4, -0.2) is 24.5 Å². The number of rotatable bonds is 6. The van der Waals surface area contributed by atoms with Gasteiger partial charge in [0.1, 0.15) is 0 Å². The van der Waals surface area contributed by atoms with E-state index < -0.39 is 0 Å². The number of pyridine rings is 1. The van der Waals surface area contributed by atoms with E-state index in [9.17, 15) is 9.59 Å². The minimum Gasteiger partial charge on any atom is -0.374 e. The van der Waals surface area contributed by atoms with Gasteiger partial charge in [-0.1, -0.05) is 18.0 Å². The Labute approximate surface area is 171 Å². The SMILES string of the molecule is Cc1cc(C)c(CNC(=O)c2cc(Cl)cc(N(C)CC3CCC3)c2C)c(=O)[nH]1. The van der Waals surface area contributed by atoms with Crippen LogP contribution in [0, 0.1) is 26.7 Å². The Morgan fingerprint density at radius 2 is 1.96 bits per heavy atom. The number of carbonyl (C=O) groups is 1. The van der Waals surface area contributed by atoms with Gasteiger partial charge in [0.25, 0.3) is 11.5 Å². The quantitative estimate of drug-likeness (QED) is 0.765. The molecule has 28 heavy (non-hydrogen) atoms. The van der Waals surface area contributed by atoms with Gasteiger partial charge in [-0.15, -0.1) is 0 Å². The van der Waals surface area contributed by atoms with E-state index in [2.05, 4.69) is 15.2 Å². The molecule has 1 amide bonds. The van der Waals surface area contributed by atoms with E-state index in [1.165, 1.54) is 19.3 Å². The minimum atomic E-state index is -0.224. The number of hydrogen-bond donors (Lipinski definition) is 2. The zero-order valence-electron chi connectivity index (χ0n) is 17.0. The molecule has 1 fully saturated rings. The van der Waals surface area contributed by atoms with Crippen molar-refractivity contribution >= 4 is 23.2 Å². The first kappa shape index (κ1) is 20.5. The van der Waals surface area contributed by atoms with Crippen LogP contribution in [0.1, 0.15) is 52.0 Å². The van der Waals surface area contributed by atoms with Gasteiger partial charge in [-0.25, -0.2) is 0 Å². The highest BCUT2D eigenvalue weighted by Crippen LogP contribution is 2.32. The number of halogens is 1. The summed E-state index contributed by atoms with van der Waals surface area (Å²) in [4.78, 5) is 30.0. The summed E-state index contributed by atoms with van der Waals surface area (Å²) in [5.74, 6) is 0.495. The molecule has 2 aromatic rings. The smallest absolute Gasteiger partial charge is 0.253 e. The van der Waals surface area contributed by atoms with E-state index in [1.807, 2.05) is 40.0 Å². The normalized spacial score (nSPS) is 13.9. The van der Waals surface area contributed by atoms with Gasteiger partial charge in [0.15, 0.2) is 0 Å². The van der Waals surface area contributed by atoms with Crippen molar-refractivity contribution in [3.05, 3.63) is 61.5 Å². The van der Waals surface area contributed by atoms with Crippen molar-refractivity contribution in [1.82, 2.24) is 10.3 Å². The van der Waals surface area contributed by atoms with Crippen LogP contribution in [0.5, 0.6) is 0 Å². The topological polar surface area (TPSA) is 65.2 Å². The number of nitrogens with zero attached hydrogens (tertiary/aromatic N) is 1. The second kappa shape index (κ2) is 8.39. The van der Waals surface area contributed by atoms with Gasteiger partial charge in [-0.05, 0) is 68.9 Å². The molecule has 0 bridgehead atoms. The summed E-state index contributed by atoms with van der Waals surface area (Å²) in [7, 11) is 2.05. The maximum absolute atomic E-state index is 12.8. The lowest BCUT2D eigenvalue weighted by Gasteiger charge is -2.32. The predicted octanol–water partition coefficient (Wildman–Crippen LogP) is 4.12. The summed E-state index contributed by atoms with van der Waals surface area (Å²) in [5, 5.41) is 3.42. The molecule has 1 aromatic heterocycles. The minimum absolute atomic E-state index is 0.165. The summed E-state index contributed by atoms with van der Waals surface area (Å²) in [6, 6.07) is 5.52. The van der Waals surface area contributed by atoms with Gasteiger partial charge in [-0.3, -0.25) is 9.59 Å². The van der Waals surface area contributed by atoms with Crippen molar-refractivity contribution in [3.63, 3.8) is 0 Å². The fourth-order valence-corrected chi connectivity index (χ4v) is 4.04. The Bertz CT molecular complexity index is 948. The molecule has 0 saturated heterocycles. The Balaban J connectivity index is 1.79. The van der Waals surface area contributed by atoms with E-state index in [1.54, 1.807) is 6.07 Å². The van der Waals surface area contributed by atoms with Crippen LogP contribution in [0.4, 0.5) is 5.69 Å². The molecule has 0 atom stereocenters. The molecule has 1 aliphatic rings. The van der Waals surface area contributed by atoms with E-state index >= 15 is 0 Å². The molecular formula is C22H28ClN3O2. The molecule has 0 aliphatic heterocycles. The van der Waals surface area contributed by atoms with Crippen molar-refractivity contribution in [3.8, 4) is 0 Å². The van der Waals surface area contributed by atoms with Crippen molar-refractivity contribution < 1.29 is 4.79 Å². The van der Waals surface area contributed by atoms with Crippen LogP contribution < -0.4 is 15.8 Å². The van der Waals surface area contributed by atoms with Gasteiger partial charge in [0.05, 0.1) is 0 Å². The van der Waals surface area contributed by atoms with Crippen molar-refractivity contribution in [2.75, 3.05) is 18.5 Å². The second-order valence-corrected chi connectivity index (χ2v) is 8.34. The third kappa shape index (κ3) is 4.41. The number of aromatic amines is 1. The highest BCUT2D eigenvalue weighted by Gasteiger charge is 2.22. The van der Waals surface area contributed by atoms with Crippen molar-refractivity contribution in [1.29, 1.82) is 0 Å². The standard InChI is InChI=1S/C22H28ClN3O2/c1-13-8-14(2)25-22(28)19(13)11-24-21(27)18-9-17(23)10-20(15(18)3)26(4)12-16-6-5-7-16/h8-10,16H,5-7,11-12H2,1-4H3,(H,24,27)(H,25,28). The number of anilines is 1. The molecule has 1 heterocycles. The van der Waals surface area contributed by atoms with Gasteiger partial charge in [0, 0.05) is 47.7 Å². The van der Waals surface area contributed by atoms with Crippen molar-refractivity contribution in [2.45, 2.75) is 46.6 Å². The number of nitrogens with one attached hydrogen (secondary N) is 2. The molecule has 0 spiro atoms. The zero-order chi connectivity index (χ0) is 20.4. The summed E-state index contributed by atoms with van der Waals surface area (Å²) < 4.78 is 0. The molecule has 5 nitrogen and oxygen atoms in total. The van der Waals surface area contributed by atoms with Crippen molar-refractivity contribution in [2.24, 2.45) is 5.92 Å². The molecule has 1 aliphatic carbocycles. The molecule has 2 N–H and O–H groups in total. The van der Waals surface area contributed by atoms with E-state index in [0.29, 0.717) is 16.1 Å². The number of benzene rings is 1. The summed E-state index contributed by atoms with van der Waals surface area (Å²) in [6.45, 7) is 6.82. The first-order valence-corrected chi connectivity index (χ1v) is 10.1. The lowest BCUT2D eigenvalue weighted by molar-refractivity contribution is 0.0950. The predicted molar refractivity (Wildman–Crippen MR) is 115 cm³/mol. The fourth-order valence-electron chi connectivity index (χ4n) is 3.82. The van der Waals surface area contributed by atoms with Crippen LogP contribution in [-0.2, 0) is 6.54 Å². The largest absolute Gasteiger partial charge is 0.374 e. The summed E-state index contributed by atoms with van der Waals surface area (Å²) in [5.41, 5.74) is 4.51. The summed E-state index contributed by atoms with van der Waals surface area (Å²) in [6.07, 6.45) is 3.84. The number of hydrogen-bond acceptors (Lipinski definition) is 3. The van der Waals surface area contributed by atoms with Crippen LogP contribution in [0.2, 0.25) is 5.02 Å². The molecule has 0 unspecified atom stereocenters. The molecule has 1 aromatic carbocycles. The maximum atomic E-state index is 12.8. The zero-order valence-corrected chi connectivity index (χ0v) is 17.7. The van der Waals surface area contributed by atoms with Crippen LogP contribution in [0.15, 0.2) is 23.0 Å². The number of aromatic nitrogens is 1. The number of H-pyrrole nitrogens is 1. The Morgan fingerprint density at radius 3 is 2.57 bits per heavy atom. The van der Waals surface area contributed by atoms with Crippen LogP contribution in [0.3, 0.4) is 0 Å². The second-order valence-electron chi connectivity index (χ2n) is 7.90. The number of amides is 1. The third-order valence-electron chi connectivity index (χ3n) is 5.68. The third-order valence-corrected chi connectivity index (χ3v) is 5.90. The van der Waals surface area contributed by atoms with Crippen LogP contribution in [0.25, 0.3) is 0 Å². The Hall–Kier alpha value is -2.27. The lowest BCUT2D eigenvalue weighted by atomic mass is 9.85. The molecule has 3 rings (SSSR count). The maximum Gasteiger partial charge on any atom is 0.253 e. The van der Waals surface area contributed by atoms with E-state index in [4.69, 9.17) is 11.6 Å². The highest BCUT2D eigenvalue weighted by molar-refractivity contribution is 6.31. The Morgan fingerprint density at radius 1 is 1.25 bits per heavy atom. The molecular weight excluding hydrogens is 374 g/mol. The van der Waals surface area contributed by atoms with Gasteiger partial charge >= 0.3 is 0 Å². The van der Waals surface area contributed by atoms with Gasteiger partial charge in [0.2, 0.25) is 0 Å². The molecule has 6 heteroatoms. The molecule has 150 valence electrons. The monoisotopic (exact) mass is 401 g/mol. The highest BCUT2D eigenvalue weighted by atomic mass is 35.5. The van der Waals surface area contributed by atoms with Gasteiger partial charge in [-0.2, -0.15) is 0 Å². The summed E-state index contributed by atoms with van der Waals surface area (Å²) >= 11 is 6.32. The lowest BCUT2D eigenvalue weighted by Crippen LogP contribution is -2.31. The van der Waals surface area contributed by atoms with Gasteiger partial charge < -0.3 is 15.2 Å². The molecule has 0 radical (unpaired) electrons. The van der Waals surface area contributed by atoms with Crippen LogP contribution >= 0.6 is 11.6 Å². The molecule has 1 saturated carbocycles.